The molecule has 2 aromatic rings. The highest BCUT2D eigenvalue weighted by atomic mass is 79.9. The normalized spacial score (nSPS) is 22.0. The van der Waals surface area contributed by atoms with Gasteiger partial charge < -0.3 is 5.73 Å². The lowest BCUT2D eigenvalue weighted by molar-refractivity contribution is 0.460. The molecule has 2 N–H and O–H groups in total. The highest BCUT2D eigenvalue weighted by Crippen LogP contribution is 2.31. The van der Waals surface area contributed by atoms with Crippen LogP contribution in [0.15, 0.2) is 40.0 Å². The Labute approximate surface area is 149 Å². The minimum absolute atomic E-state index is 0. The lowest BCUT2D eigenvalue weighted by atomic mass is 9.95. The first kappa shape index (κ1) is 18.3. The summed E-state index contributed by atoms with van der Waals surface area (Å²) < 4.78 is 28.5. The fourth-order valence-electron chi connectivity index (χ4n) is 2.76. The summed E-state index contributed by atoms with van der Waals surface area (Å²) in [6.07, 6.45) is 0. The number of nitrogens with zero attached hydrogens (tertiary/aromatic N) is 4. The summed E-state index contributed by atoms with van der Waals surface area (Å²) in [6, 6.07) is 9.50. The second kappa shape index (κ2) is 6.86. The van der Waals surface area contributed by atoms with Crippen LogP contribution >= 0.6 is 28.3 Å². The van der Waals surface area contributed by atoms with E-state index in [1.54, 1.807) is 7.05 Å². The summed E-state index contributed by atoms with van der Waals surface area (Å²) in [7, 11) is -2.14. The zero-order valence-electron chi connectivity index (χ0n) is 12.3. The van der Waals surface area contributed by atoms with Crippen LogP contribution in [0.4, 0.5) is 0 Å². The van der Waals surface area contributed by atoms with Gasteiger partial charge in [-0.25, -0.2) is 13.1 Å². The third-order valence-electron chi connectivity index (χ3n) is 3.88. The van der Waals surface area contributed by atoms with Gasteiger partial charge in [-0.05, 0) is 21.5 Å². The topological polar surface area (TPSA) is 94.1 Å². The molecule has 0 saturated carbocycles. The molecule has 2 atom stereocenters. The van der Waals surface area contributed by atoms with Crippen molar-refractivity contribution in [1.82, 2.24) is 19.3 Å². The highest BCUT2D eigenvalue weighted by Gasteiger charge is 2.40. The molecule has 7 nitrogen and oxygen atoms in total. The molecule has 0 unspecified atom stereocenters. The van der Waals surface area contributed by atoms with Gasteiger partial charge in [0, 0.05) is 32.1 Å². The molecule has 1 aliphatic rings. The van der Waals surface area contributed by atoms with E-state index in [0.29, 0.717) is 6.54 Å². The van der Waals surface area contributed by atoms with Crippen LogP contribution in [0, 0.1) is 0 Å². The maximum atomic E-state index is 12.8. The lowest BCUT2D eigenvalue weighted by Crippen LogP contribution is -2.33. The second-order valence-electron chi connectivity index (χ2n) is 5.31. The molecular formula is C13H17BrClN5O2S. The molecule has 126 valence electrons. The third-order valence-corrected chi connectivity index (χ3v) is 6.60. The molecule has 0 amide bonds. The van der Waals surface area contributed by atoms with Crippen molar-refractivity contribution in [2.24, 2.45) is 12.8 Å². The molecule has 1 saturated heterocycles. The van der Waals surface area contributed by atoms with Gasteiger partial charge in [0.05, 0.1) is 0 Å². The number of aromatic nitrogens is 3. The summed E-state index contributed by atoms with van der Waals surface area (Å²) in [4.78, 5) is 0. The first-order chi connectivity index (χ1) is 10.4. The van der Waals surface area contributed by atoms with Crippen molar-refractivity contribution in [2.45, 2.75) is 17.0 Å². The van der Waals surface area contributed by atoms with Crippen molar-refractivity contribution < 1.29 is 8.42 Å². The van der Waals surface area contributed by atoms with Crippen LogP contribution < -0.4 is 5.73 Å². The predicted octanol–water partition coefficient (Wildman–Crippen LogP) is 1.11. The molecule has 10 heteroatoms. The molecule has 1 aliphatic heterocycles. The summed E-state index contributed by atoms with van der Waals surface area (Å²) >= 11 is 3.14. The van der Waals surface area contributed by atoms with Gasteiger partial charge in [0.15, 0.2) is 4.60 Å². The second-order valence-corrected chi connectivity index (χ2v) is 7.92. The van der Waals surface area contributed by atoms with Gasteiger partial charge in [0.25, 0.3) is 10.0 Å². The first-order valence-electron chi connectivity index (χ1n) is 6.77. The van der Waals surface area contributed by atoms with Gasteiger partial charge in [-0.15, -0.1) is 17.5 Å². The molecule has 0 bridgehead atoms. The number of sulfonamides is 1. The van der Waals surface area contributed by atoms with Gasteiger partial charge in [-0.3, -0.25) is 0 Å². The molecule has 3 rings (SSSR count). The van der Waals surface area contributed by atoms with Gasteiger partial charge in [-0.1, -0.05) is 35.5 Å². The maximum Gasteiger partial charge on any atom is 0.263 e. The van der Waals surface area contributed by atoms with Crippen LogP contribution in [0.2, 0.25) is 0 Å². The van der Waals surface area contributed by atoms with Crippen LogP contribution in [0.3, 0.4) is 0 Å². The van der Waals surface area contributed by atoms with Crippen LogP contribution in [0.1, 0.15) is 11.5 Å². The average Bonchev–Trinajstić information content (AvgIpc) is 3.03. The molecule has 2 heterocycles. The number of halogens is 2. The van der Waals surface area contributed by atoms with Crippen molar-refractivity contribution in [3.8, 4) is 0 Å². The summed E-state index contributed by atoms with van der Waals surface area (Å²) in [5, 5.41) is 7.52. The van der Waals surface area contributed by atoms with Gasteiger partial charge in [0.1, 0.15) is 0 Å². The zero-order chi connectivity index (χ0) is 15.9. The van der Waals surface area contributed by atoms with Crippen LogP contribution in [0.25, 0.3) is 0 Å². The monoisotopic (exact) mass is 421 g/mol. The highest BCUT2D eigenvalue weighted by molar-refractivity contribution is 9.10. The summed E-state index contributed by atoms with van der Waals surface area (Å²) in [6.45, 7) is 0.630. The molecule has 1 fully saturated rings. The lowest BCUT2D eigenvalue weighted by Gasteiger charge is -2.16. The smallest absolute Gasteiger partial charge is 0.263 e. The van der Waals surface area contributed by atoms with Crippen molar-refractivity contribution in [1.29, 1.82) is 0 Å². The quantitative estimate of drug-likeness (QED) is 0.800. The standard InChI is InChI=1S/C13H16BrN5O2S.ClH/c1-18-13(12(14)16-17-18)22(20,21)19-7-10(11(15)8-19)9-5-3-2-4-6-9;/h2-6,10-11H,7-8,15H2,1H3;1H/t10-,11+;/m0./s1. The van der Waals surface area contributed by atoms with E-state index in [2.05, 4.69) is 26.2 Å². The van der Waals surface area contributed by atoms with E-state index < -0.39 is 10.0 Å². The number of aryl methyl sites for hydroxylation is 1. The van der Waals surface area contributed by atoms with E-state index in [1.165, 1.54) is 8.99 Å². The number of hydrogen-bond acceptors (Lipinski definition) is 5. The Balaban J connectivity index is 0.00000192. The van der Waals surface area contributed by atoms with Crippen LogP contribution in [-0.2, 0) is 17.1 Å². The van der Waals surface area contributed by atoms with E-state index in [4.69, 9.17) is 5.73 Å². The Morgan fingerprint density at radius 3 is 2.48 bits per heavy atom. The Morgan fingerprint density at radius 2 is 1.91 bits per heavy atom. The van der Waals surface area contributed by atoms with E-state index in [1.807, 2.05) is 30.3 Å². The first-order valence-corrected chi connectivity index (χ1v) is 9.00. The van der Waals surface area contributed by atoms with Crippen LogP contribution in [-0.4, -0.2) is 46.8 Å². The molecule has 0 radical (unpaired) electrons. The van der Waals surface area contributed by atoms with E-state index >= 15 is 0 Å². The number of rotatable bonds is 3. The number of benzene rings is 1. The Hall–Kier alpha value is -1.00. The predicted molar refractivity (Wildman–Crippen MR) is 91.9 cm³/mol. The van der Waals surface area contributed by atoms with E-state index in [0.717, 1.165) is 5.56 Å². The molecule has 23 heavy (non-hydrogen) atoms. The number of nitrogens with two attached hydrogens (primary N) is 1. The molecule has 0 aliphatic carbocycles. The van der Waals surface area contributed by atoms with Crippen molar-refractivity contribution in [3.05, 3.63) is 40.5 Å². The van der Waals surface area contributed by atoms with E-state index in [-0.39, 0.29) is 40.5 Å². The maximum absolute atomic E-state index is 12.8. The minimum Gasteiger partial charge on any atom is -0.326 e. The molecular weight excluding hydrogens is 406 g/mol. The summed E-state index contributed by atoms with van der Waals surface area (Å²) in [5.41, 5.74) is 7.22. The SMILES string of the molecule is Cl.Cn1nnc(Br)c1S(=O)(=O)N1C[C@@H](N)[C@H](c2ccccc2)C1. The average molecular weight is 423 g/mol. The van der Waals surface area contributed by atoms with Crippen molar-refractivity contribution in [2.75, 3.05) is 13.1 Å². The largest absolute Gasteiger partial charge is 0.326 e. The Kier molecular flexibility index (Phi) is 5.47. The fraction of sp³-hybridized carbons (Fsp3) is 0.385. The number of hydrogen-bond donors (Lipinski definition) is 1. The Bertz CT molecular complexity index is 763. The van der Waals surface area contributed by atoms with Gasteiger partial charge in [-0.2, -0.15) is 4.31 Å². The summed E-state index contributed by atoms with van der Waals surface area (Å²) in [5.74, 6) is -0.0177. The van der Waals surface area contributed by atoms with Gasteiger partial charge in [0.2, 0.25) is 5.03 Å². The zero-order valence-corrected chi connectivity index (χ0v) is 15.6. The van der Waals surface area contributed by atoms with Crippen molar-refractivity contribution in [3.63, 3.8) is 0 Å². The molecule has 0 spiro atoms. The minimum atomic E-state index is -3.69. The fourth-order valence-corrected chi connectivity index (χ4v) is 5.29. The third kappa shape index (κ3) is 3.29. The van der Waals surface area contributed by atoms with Crippen molar-refractivity contribution >= 4 is 38.4 Å². The van der Waals surface area contributed by atoms with E-state index in [9.17, 15) is 8.42 Å². The Morgan fingerprint density at radius 1 is 1.26 bits per heavy atom. The molecule has 1 aromatic carbocycles. The van der Waals surface area contributed by atoms with Crippen LogP contribution in [0.5, 0.6) is 0 Å². The van der Waals surface area contributed by atoms with Gasteiger partial charge >= 0.3 is 0 Å². The molecule has 1 aromatic heterocycles.